The Kier molecular flexibility index (Phi) is 11.7. The Morgan fingerprint density at radius 2 is 1.08 bits per heavy atom. The minimum absolute atomic E-state index is 0.183. The lowest BCUT2D eigenvalue weighted by Crippen LogP contribution is -2.20. The molecule has 0 aliphatic rings. The van der Waals surface area contributed by atoms with Gasteiger partial charge in [-0.2, -0.15) is 0 Å². The van der Waals surface area contributed by atoms with Gasteiger partial charge in [-0.1, -0.05) is 39.1 Å². The molecule has 0 N–H and O–H groups in total. The van der Waals surface area contributed by atoms with Crippen LogP contribution in [0.25, 0.3) is 0 Å². The Morgan fingerprint density at radius 1 is 0.692 bits per heavy atom. The summed E-state index contributed by atoms with van der Waals surface area (Å²) in [7, 11) is -10.0. The highest BCUT2D eigenvalue weighted by molar-refractivity contribution is 7.80. The summed E-state index contributed by atoms with van der Waals surface area (Å²) in [5, 5.41) is 0. The highest BCUT2D eigenvalue weighted by Crippen LogP contribution is 2.40. The molecule has 0 bridgehead atoms. The molecule has 0 aliphatic carbocycles. The summed E-state index contributed by atoms with van der Waals surface area (Å²) in [4.78, 5) is 8.63. The predicted molar refractivity (Wildman–Crippen MR) is 131 cm³/mol. The first-order valence-corrected chi connectivity index (χ1v) is 13.6. The van der Waals surface area contributed by atoms with E-state index >= 15 is 0 Å². The molecule has 0 heterocycles. The van der Waals surface area contributed by atoms with Crippen LogP contribution in [0.5, 0.6) is 23.0 Å². The number of hydrogen-bond acceptors (Lipinski definition) is 14. The fourth-order valence-corrected chi connectivity index (χ4v) is 3.49. The Bertz CT molecular complexity index is 1240. The molecular formula is C23H26O14S2-2. The van der Waals surface area contributed by atoms with Crippen molar-refractivity contribution in [3.8, 4) is 23.0 Å². The highest BCUT2D eigenvalue weighted by atomic mass is 32.3. The maximum absolute atomic E-state index is 10.5. The number of ether oxygens (including phenoxy) is 4. The number of benzene rings is 2. The molecule has 0 unspecified atom stereocenters. The molecule has 216 valence electrons. The van der Waals surface area contributed by atoms with Crippen LogP contribution in [0, 0.1) is 0 Å². The van der Waals surface area contributed by atoms with E-state index in [1.807, 2.05) is 13.8 Å². The summed E-state index contributed by atoms with van der Waals surface area (Å²) in [6, 6.07) is 10.2. The van der Waals surface area contributed by atoms with Gasteiger partial charge < -0.3 is 28.1 Å². The van der Waals surface area contributed by atoms with Gasteiger partial charge in [-0.05, 0) is 35.4 Å². The molecule has 0 aliphatic heterocycles. The lowest BCUT2D eigenvalue weighted by atomic mass is 9.78. The van der Waals surface area contributed by atoms with Gasteiger partial charge in [0.15, 0.2) is 23.0 Å². The van der Waals surface area contributed by atoms with Gasteiger partial charge in [-0.25, -0.2) is 26.6 Å². The molecule has 0 fully saturated rings. The van der Waals surface area contributed by atoms with Crippen molar-refractivity contribution in [3.63, 3.8) is 0 Å². The molecule has 0 spiro atoms. The fourth-order valence-electron chi connectivity index (χ4n) is 3.12. The fraction of sp³-hybridized carbons (Fsp3) is 0.304. The van der Waals surface area contributed by atoms with Gasteiger partial charge in [0.1, 0.15) is 26.4 Å². The van der Waals surface area contributed by atoms with Crippen LogP contribution < -0.4 is 18.9 Å². The van der Waals surface area contributed by atoms with Crippen LogP contribution >= 0.6 is 0 Å². The Morgan fingerprint density at radius 3 is 1.41 bits per heavy atom. The zero-order valence-corrected chi connectivity index (χ0v) is 22.5. The molecule has 14 nitrogen and oxygen atoms in total. The largest absolute Gasteiger partial charge is 0.724 e. The van der Waals surface area contributed by atoms with Crippen molar-refractivity contribution in [2.24, 2.45) is 0 Å². The van der Waals surface area contributed by atoms with E-state index in [0.717, 1.165) is 11.1 Å². The van der Waals surface area contributed by atoms with Crippen molar-refractivity contribution >= 4 is 20.8 Å². The van der Waals surface area contributed by atoms with Gasteiger partial charge in [0, 0.05) is 5.41 Å². The van der Waals surface area contributed by atoms with Crippen molar-refractivity contribution in [2.45, 2.75) is 19.3 Å². The van der Waals surface area contributed by atoms with Crippen LogP contribution in [0.2, 0.25) is 0 Å². The van der Waals surface area contributed by atoms with E-state index in [9.17, 15) is 25.9 Å². The van der Waals surface area contributed by atoms with E-state index in [0.29, 0.717) is 11.5 Å². The molecule has 0 aromatic heterocycles. The summed E-state index contributed by atoms with van der Waals surface area (Å²) < 4.78 is 92.1. The predicted octanol–water partition coefficient (Wildman–Crippen LogP) is 2.63. The van der Waals surface area contributed by atoms with Crippen LogP contribution in [0.4, 0.5) is 0 Å². The van der Waals surface area contributed by atoms with E-state index in [1.54, 1.807) is 36.4 Å². The zero-order chi connectivity index (χ0) is 29.1. The van der Waals surface area contributed by atoms with Crippen LogP contribution in [-0.4, -0.2) is 52.4 Å². The first kappa shape index (κ1) is 32.0. The first-order valence-electron chi connectivity index (χ1n) is 10.9. The second kappa shape index (κ2) is 14.2. The summed E-state index contributed by atoms with van der Waals surface area (Å²) in [6.07, 6.45) is 2.39. The maximum Gasteiger partial charge on any atom is 0.245 e. The van der Waals surface area contributed by atoms with Gasteiger partial charge in [0.25, 0.3) is 0 Å². The summed E-state index contributed by atoms with van der Waals surface area (Å²) in [6.45, 7) is 9.75. The summed E-state index contributed by atoms with van der Waals surface area (Å²) >= 11 is 0. The quantitative estimate of drug-likeness (QED) is 0.0615. The molecule has 0 radical (unpaired) electrons. The molecule has 39 heavy (non-hydrogen) atoms. The summed E-state index contributed by atoms with van der Waals surface area (Å²) in [5.41, 5.74) is 0.852. The van der Waals surface area contributed by atoms with E-state index < -0.39 is 26.2 Å². The summed E-state index contributed by atoms with van der Waals surface area (Å²) in [5.74, 6) is 1.15. The van der Waals surface area contributed by atoms with Gasteiger partial charge in [-0.3, -0.25) is 0 Å². The molecule has 2 aromatic rings. The van der Waals surface area contributed by atoms with E-state index in [2.05, 4.69) is 31.6 Å². The monoisotopic (exact) mass is 590 g/mol. The molecule has 0 amide bonds. The average Bonchev–Trinajstić information content (AvgIpc) is 2.84. The normalized spacial score (nSPS) is 12.0. The zero-order valence-electron chi connectivity index (χ0n) is 20.9. The third-order valence-corrected chi connectivity index (χ3v) is 5.39. The molecule has 16 heteroatoms. The van der Waals surface area contributed by atoms with Crippen LogP contribution in [0.3, 0.4) is 0 Å². The van der Waals surface area contributed by atoms with E-state index in [1.165, 1.54) is 12.5 Å². The van der Waals surface area contributed by atoms with Crippen LogP contribution in [0.15, 0.2) is 62.1 Å². The van der Waals surface area contributed by atoms with E-state index in [4.69, 9.17) is 18.9 Å². The molecule has 0 atom stereocenters. The topological polar surface area (TPSA) is 188 Å². The molecule has 2 aromatic carbocycles. The molecule has 0 saturated carbocycles. The first-order chi connectivity index (χ1) is 18.3. The maximum atomic E-state index is 10.5. The number of hydrogen-bond donors (Lipinski definition) is 0. The van der Waals surface area contributed by atoms with Crippen LogP contribution in [-0.2, 0) is 44.7 Å². The standard InChI is InChI=1S/C23H28O14S2/c1-5-30-19-9-7-17(15-21(19)32-11-13-34-36-38(24,25)26)23(3,4)18-8-10-20(31-6-2)22(16-18)33-12-14-35-37-39(27,28)29/h5-10,15-16H,1-2,11-14H2,3-4H3,(H,24,25,26)(H,27,28,29)/p-2. The highest BCUT2D eigenvalue weighted by Gasteiger charge is 2.26. The van der Waals surface area contributed by atoms with Gasteiger partial charge in [-0.15, -0.1) is 8.67 Å². The van der Waals surface area contributed by atoms with Crippen molar-refractivity contribution in [3.05, 3.63) is 73.2 Å². The van der Waals surface area contributed by atoms with Crippen molar-refractivity contribution in [1.29, 1.82) is 0 Å². The van der Waals surface area contributed by atoms with Crippen molar-refractivity contribution in [2.75, 3.05) is 26.4 Å². The van der Waals surface area contributed by atoms with Crippen molar-refractivity contribution < 1.29 is 63.3 Å². The lowest BCUT2D eigenvalue weighted by Gasteiger charge is -2.28. The molecule has 2 rings (SSSR count). The third kappa shape index (κ3) is 10.8. The van der Waals surface area contributed by atoms with Gasteiger partial charge in [0.2, 0.25) is 20.8 Å². The smallest absolute Gasteiger partial charge is 0.245 e. The SMILES string of the molecule is C=COc1ccc(C(C)(C)c2ccc(OC=C)c(OCCOOS(=O)(=O)[O-])c2)cc1OCCOOS(=O)(=O)[O-]. The third-order valence-electron chi connectivity index (χ3n) is 4.86. The second-order valence-corrected chi connectivity index (χ2v) is 9.72. The minimum atomic E-state index is -5.01. The molecular weight excluding hydrogens is 564 g/mol. The van der Waals surface area contributed by atoms with Crippen LogP contribution in [0.1, 0.15) is 25.0 Å². The molecule has 0 saturated heterocycles. The number of rotatable bonds is 18. The van der Waals surface area contributed by atoms with Gasteiger partial charge in [0.05, 0.1) is 12.5 Å². The second-order valence-electron chi connectivity index (χ2n) is 7.81. The van der Waals surface area contributed by atoms with Gasteiger partial charge >= 0.3 is 0 Å². The Labute approximate surface area is 226 Å². The average molecular weight is 591 g/mol. The van der Waals surface area contributed by atoms with Crippen molar-refractivity contribution in [1.82, 2.24) is 0 Å². The Balaban J connectivity index is 2.25. The lowest BCUT2D eigenvalue weighted by molar-refractivity contribution is -0.212. The minimum Gasteiger partial charge on any atom is -0.724 e. The van der Waals surface area contributed by atoms with E-state index in [-0.39, 0.29) is 37.9 Å². The Hall–Kier alpha value is -3.22.